The van der Waals surface area contributed by atoms with E-state index < -0.39 is 0 Å². The van der Waals surface area contributed by atoms with Crippen molar-refractivity contribution in [1.29, 1.82) is 0 Å². The molecule has 8 heteroatoms. The van der Waals surface area contributed by atoms with Gasteiger partial charge in [0.05, 0.1) is 16.7 Å². The second-order valence-corrected chi connectivity index (χ2v) is 15.1. The van der Waals surface area contributed by atoms with Gasteiger partial charge >= 0.3 is 0 Å². The lowest BCUT2D eigenvalue weighted by molar-refractivity contribution is 0.909. The molecule has 10 rings (SSSR count). The highest BCUT2D eigenvalue weighted by Gasteiger charge is 2.24. The molecule has 0 saturated carbocycles. The van der Waals surface area contributed by atoms with Crippen molar-refractivity contribution in [3.8, 4) is 39.1 Å². The first kappa shape index (κ1) is 33.8. The third-order valence-electron chi connectivity index (χ3n) is 11.0. The van der Waals surface area contributed by atoms with Gasteiger partial charge in [-0.15, -0.1) is 27.7 Å². The highest BCUT2D eigenvalue weighted by Crippen LogP contribution is 2.49. The van der Waals surface area contributed by atoms with Gasteiger partial charge in [0, 0.05) is 32.2 Å². The number of rotatable bonds is 5. The summed E-state index contributed by atoms with van der Waals surface area (Å²) in [7, 11) is 32.5. The Labute approximate surface area is 330 Å². The van der Waals surface area contributed by atoms with Crippen LogP contribution >= 0.6 is 11.3 Å². The summed E-state index contributed by atoms with van der Waals surface area (Å²) >= 11 is 1.81. The Bertz CT molecular complexity index is 3190. The van der Waals surface area contributed by atoms with Crippen LogP contribution in [-0.4, -0.2) is 48.8 Å². The van der Waals surface area contributed by atoms with Crippen LogP contribution in [0.4, 0.5) is 0 Å². The summed E-state index contributed by atoms with van der Waals surface area (Å²) in [6, 6.07) is 47.4. The van der Waals surface area contributed by atoms with E-state index in [9.17, 15) is 0 Å². The van der Waals surface area contributed by atoms with Crippen LogP contribution in [0.1, 0.15) is 12.7 Å². The van der Waals surface area contributed by atoms with Crippen LogP contribution in [0.3, 0.4) is 0 Å². The van der Waals surface area contributed by atoms with E-state index in [-0.39, 0.29) is 16.4 Å². The third kappa shape index (κ3) is 5.04. The van der Waals surface area contributed by atoms with E-state index in [1.165, 1.54) is 20.2 Å². The van der Waals surface area contributed by atoms with Crippen molar-refractivity contribution in [2.45, 2.75) is 13.3 Å². The minimum Gasteiger partial charge on any atom is -0.296 e. The first-order valence-electron chi connectivity index (χ1n) is 18.3. The minimum atomic E-state index is 0.194. The summed E-state index contributed by atoms with van der Waals surface area (Å²) in [6.45, 7) is 2.16. The summed E-state index contributed by atoms with van der Waals surface area (Å²) in [6.07, 6.45) is 0.780. The summed E-state index contributed by atoms with van der Waals surface area (Å²) in [5.74, 6) is 1.00. The van der Waals surface area contributed by atoms with Crippen LogP contribution in [0.5, 0.6) is 0 Å². The molecule has 0 fully saturated rings. The molecule has 0 aliphatic heterocycles. The highest BCUT2D eigenvalue weighted by atomic mass is 32.1. The predicted molar refractivity (Wildman–Crippen MR) is 242 cm³/mol. The summed E-state index contributed by atoms with van der Waals surface area (Å²) in [5.41, 5.74) is 10.2. The lowest BCUT2D eigenvalue weighted by Crippen LogP contribution is -2.55. The quantitative estimate of drug-likeness (QED) is 0.137. The van der Waals surface area contributed by atoms with E-state index >= 15 is 0 Å². The molecule has 0 amide bonds. The Kier molecular flexibility index (Phi) is 7.97. The van der Waals surface area contributed by atoms with Gasteiger partial charge in [-0.25, -0.2) is 4.98 Å². The number of hydrogen-bond acceptors (Lipinski definition) is 2. The Morgan fingerprint density at radius 3 is 1.85 bits per heavy atom. The molecule has 2 heterocycles. The van der Waals surface area contributed by atoms with Gasteiger partial charge in [0.1, 0.15) is 45.1 Å². The van der Waals surface area contributed by atoms with Crippen molar-refractivity contribution in [1.82, 2.24) is 9.55 Å². The van der Waals surface area contributed by atoms with Crippen LogP contribution < -0.4 is 27.3 Å². The Morgan fingerprint density at radius 1 is 0.509 bits per heavy atom. The number of nitrogens with zero attached hydrogens (tertiary/aromatic N) is 2. The zero-order valence-corrected chi connectivity index (χ0v) is 30.9. The van der Waals surface area contributed by atoms with Gasteiger partial charge in [0.25, 0.3) is 0 Å². The van der Waals surface area contributed by atoms with Gasteiger partial charge in [-0.3, -0.25) is 4.57 Å². The first-order valence-corrected chi connectivity index (χ1v) is 19.1. The molecular formula is C47H27B5N2S. The summed E-state index contributed by atoms with van der Waals surface area (Å²) in [4.78, 5) is 5.06. The molecule has 0 saturated heterocycles. The van der Waals surface area contributed by atoms with Crippen molar-refractivity contribution < 1.29 is 0 Å². The molecule has 0 unspecified atom stereocenters. The Balaban J connectivity index is 1.39. The molecule has 2 aromatic heterocycles. The number of para-hydroxylation sites is 3. The number of thiophene rings is 1. The van der Waals surface area contributed by atoms with Crippen LogP contribution in [0.15, 0.2) is 133 Å². The fraction of sp³-hybridized carbons (Fsp3) is 0.0426. The maximum Gasteiger partial charge on any atom is 0.114 e. The molecule has 0 atom stereocenters. The van der Waals surface area contributed by atoms with Crippen molar-refractivity contribution >= 4 is 131 Å². The van der Waals surface area contributed by atoms with Crippen molar-refractivity contribution in [3.05, 3.63) is 139 Å². The maximum atomic E-state index is 6.71. The molecule has 0 spiro atoms. The van der Waals surface area contributed by atoms with E-state index in [1.54, 1.807) is 0 Å². The number of hydrogen-bond donors (Lipinski definition) is 0. The predicted octanol–water partition coefficient (Wildman–Crippen LogP) is 7.23. The zero-order valence-electron chi connectivity index (χ0n) is 30.1. The average Bonchev–Trinajstić information content (AvgIpc) is 3.80. The molecule has 2 nitrogen and oxygen atoms in total. The normalized spacial score (nSPS) is 11.8. The smallest absolute Gasteiger partial charge is 0.114 e. The van der Waals surface area contributed by atoms with E-state index in [2.05, 4.69) is 139 Å². The van der Waals surface area contributed by atoms with Crippen LogP contribution in [0.2, 0.25) is 0 Å². The largest absolute Gasteiger partial charge is 0.296 e. The average molecular weight is 706 g/mol. The Morgan fingerprint density at radius 2 is 1.09 bits per heavy atom. The third-order valence-corrected chi connectivity index (χ3v) is 12.2. The molecule has 0 aliphatic rings. The second-order valence-electron chi connectivity index (χ2n) is 14.0. The van der Waals surface area contributed by atoms with E-state index in [0.29, 0.717) is 16.5 Å². The molecule has 0 bridgehead atoms. The first-order chi connectivity index (χ1) is 26.9. The standard InChI is InChI=1S/C47H27B5N2S/c1-2-38-53-33-17-7-9-19-35(33)54(38)34-18-8-5-14-29(34)40-26-12-3-4-13-27(26)41(31-16-11-21-37-42(31)30-15-6-10-20-36(30)55-37)32-24-25(22-23-28(32)40)39-43(48)45(50)47(52)46(51)44(39)49/h3-24H,2H2,1H3. The van der Waals surface area contributed by atoms with Crippen LogP contribution in [0, 0.1) is 0 Å². The van der Waals surface area contributed by atoms with Gasteiger partial charge in [0.2, 0.25) is 0 Å². The molecule has 55 heavy (non-hydrogen) atoms. The number of imidazole rings is 1. The number of benzene rings is 8. The van der Waals surface area contributed by atoms with Gasteiger partial charge in [-0.05, 0) is 85.8 Å². The topological polar surface area (TPSA) is 17.8 Å². The minimum absolute atomic E-state index is 0.194. The van der Waals surface area contributed by atoms with Gasteiger partial charge in [-0.2, -0.15) is 0 Å². The van der Waals surface area contributed by atoms with Crippen molar-refractivity contribution in [3.63, 3.8) is 0 Å². The number of fused-ring (bicyclic) bond motifs is 6. The number of aryl methyl sites for hydroxylation is 1. The van der Waals surface area contributed by atoms with Crippen molar-refractivity contribution in [2.75, 3.05) is 0 Å². The summed E-state index contributed by atoms with van der Waals surface area (Å²) in [5, 5.41) is 6.85. The molecule has 246 valence electrons. The lowest BCUT2D eigenvalue weighted by atomic mass is 9.59. The molecular weight excluding hydrogens is 679 g/mol. The molecule has 0 N–H and O–H groups in total. The maximum absolute atomic E-state index is 6.71. The SMILES string of the molecule is [B]c1c([B])c([B])c(-c2ccc3c(-c4ccccc4-n4c(CC)nc5ccccc54)c4ccccc4c(-c4cccc5sc6ccccc6c45)c3c2)c([B])c1[B]. The summed E-state index contributed by atoms with van der Waals surface area (Å²) < 4.78 is 4.79. The fourth-order valence-electron chi connectivity index (χ4n) is 8.52. The highest BCUT2D eigenvalue weighted by molar-refractivity contribution is 7.26. The van der Waals surface area contributed by atoms with E-state index in [0.717, 1.165) is 78.3 Å². The van der Waals surface area contributed by atoms with Crippen molar-refractivity contribution in [2.24, 2.45) is 0 Å². The second kappa shape index (κ2) is 13.0. The van der Waals surface area contributed by atoms with E-state index in [1.807, 2.05) is 17.4 Å². The van der Waals surface area contributed by atoms with Crippen LogP contribution in [-0.2, 0) is 6.42 Å². The molecule has 10 radical (unpaired) electrons. The Hall–Kier alpha value is -5.71. The lowest BCUT2D eigenvalue weighted by Gasteiger charge is -2.24. The number of aromatic nitrogens is 2. The van der Waals surface area contributed by atoms with Crippen LogP contribution in [0.25, 0.3) is 91.8 Å². The molecule has 8 aromatic carbocycles. The zero-order chi connectivity index (χ0) is 37.5. The van der Waals surface area contributed by atoms with E-state index in [4.69, 9.17) is 44.2 Å². The van der Waals surface area contributed by atoms with Gasteiger partial charge in [-0.1, -0.05) is 115 Å². The fourth-order valence-corrected chi connectivity index (χ4v) is 9.65. The molecule has 10 aromatic rings. The molecule has 0 aliphatic carbocycles. The monoisotopic (exact) mass is 706 g/mol. The van der Waals surface area contributed by atoms with Gasteiger partial charge in [0.15, 0.2) is 0 Å². The van der Waals surface area contributed by atoms with Gasteiger partial charge < -0.3 is 0 Å².